The predicted molar refractivity (Wildman–Crippen MR) is 157 cm³/mol. The van der Waals surface area contributed by atoms with Crippen molar-refractivity contribution in [3.05, 3.63) is 35.4 Å². The minimum atomic E-state index is -0.944. The van der Waals surface area contributed by atoms with Crippen molar-refractivity contribution in [2.75, 3.05) is 6.54 Å². The number of oxazole rings is 1. The number of ether oxygens (including phenoxy) is 2. The van der Waals surface area contributed by atoms with E-state index >= 15 is 0 Å². The zero-order valence-corrected chi connectivity index (χ0v) is 25.3. The summed E-state index contributed by atoms with van der Waals surface area (Å²) in [6.45, 7) is 5.22. The van der Waals surface area contributed by atoms with Gasteiger partial charge in [0.05, 0.1) is 12.5 Å². The van der Waals surface area contributed by atoms with Crippen LogP contribution in [0.25, 0.3) is 11.1 Å². The van der Waals surface area contributed by atoms with Gasteiger partial charge in [-0.1, -0.05) is 36.6 Å². The molecule has 0 bridgehead atoms. The number of nitrogens with one attached hydrogen (secondary N) is 1. The molecule has 1 saturated carbocycles. The highest BCUT2D eigenvalue weighted by molar-refractivity contribution is 6.31. The molecule has 4 N–H and O–H groups in total. The topological polar surface area (TPSA) is 174 Å². The molecule has 0 unspecified atom stereocenters. The van der Waals surface area contributed by atoms with Gasteiger partial charge in [-0.05, 0) is 64.5 Å². The molecule has 5 atom stereocenters. The third-order valence-electron chi connectivity index (χ3n) is 7.37. The SMILES string of the molecule is CC(C)(C)OC(=O)N[C@@H](CCCCC/C=C\[C@@H]1C[C@@H]1C(=O)O)C(=O)N1C[C@H](Oc2nc3ccc(Cl)cc3o2)C[C@H]1C(N)=O. The number of hydrogen-bond acceptors (Lipinski definition) is 8. The summed E-state index contributed by atoms with van der Waals surface area (Å²) in [6, 6.07) is 3.09. The van der Waals surface area contributed by atoms with Crippen molar-refractivity contribution in [2.24, 2.45) is 17.6 Å². The number of carbonyl (C=O) groups is 4. The van der Waals surface area contributed by atoms with Crippen LogP contribution < -0.4 is 15.8 Å². The number of halogens is 1. The summed E-state index contributed by atoms with van der Waals surface area (Å²) in [5.74, 6) is -2.05. The Labute approximate surface area is 254 Å². The fourth-order valence-corrected chi connectivity index (χ4v) is 5.31. The Bertz CT molecular complexity index is 1370. The minimum absolute atomic E-state index is 0.0163. The van der Waals surface area contributed by atoms with Gasteiger partial charge in [-0.15, -0.1) is 0 Å². The van der Waals surface area contributed by atoms with Crippen molar-refractivity contribution in [1.82, 2.24) is 15.2 Å². The van der Waals surface area contributed by atoms with Gasteiger partial charge in [0.1, 0.15) is 29.3 Å². The Kier molecular flexibility index (Phi) is 10.2. The van der Waals surface area contributed by atoms with Gasteiger partial charge < -0.3 is 34.9 Å². The summed E-state index contributed by atoms with van der Waals surface area (Å²) in [5.41, 5.74) is 5.89. The third kappa shape index (κ3) is 9.09. The molecule has 0 spiro atoms. The van der Waals surface area contributed by atoms with Crippen LogP contribution in [0, 0.1) is 11.8 Å². The van der Waals surface area contributed by atoms with E-state index in [2.05, 4.69) is 10.3 Å². The zero-order chi connectivity index (χ0) is 31.3. The molecule has 2 fully saturated rings. The number of unbranched alkanes of at least 4 members (excludes halogenated alkanes) is 3. The number of fused-ring (bicyclic) bond motifs is 1. The summed E-state index contributed by atoms with van der Waals surface area (Å²) in [4.78, 5) is 55.3. The number of alkyl carbamates (subject to hydrolysis) is 1. The summed E-state index contributed by atoms with van der Waals surface area (Å²) in [6.07, 6.45) is 6.77. The lowest BCUT2D eigenvalue weighted by Crippen LogP contribution is -2.53. The number of aliphatic carboxylic acids is 1. The van der Waals surface area contributed by atoms with Gasteiger partial charge in [0.2, 0.25) is 11.8 Å². The van der Waals surface area contributed by atoms with Crippen LogP contribution >= 0.6 is 11.6 Å². The second kappa shape index (κ2) is 13.7. The van der Waals surface area contributed by atoms with Crippen LogP contribution in [0.1, 0.15) is 65.7 Å². The first-order chi connectivity index (χ1) is 20.3. The molecule has 234 valence electrons. The average molecular weight is 619 g/mol. The van der Waals surface area contributed by atoms with E-state index in [1.54, 1.807) is 39.0 Å². The predicted octanol–water partition coefficient (Wildman–Crippen LogP) is 4.44. The number of nitrogens with two attached hydrogens (primary N) is 1. The van der Waals surface area contributed by atoms with Crippen molar-refractivity contribution in [3.8, 4) is 6.08 Å². The number of carbonyl (C=O) groups excluding carboxylic acids is 3. The first-order valence-electron chi connectivity index (χ1n) is 14.5. The second-order valence-electron chi connectivity index (χ2n) is 12.1. The van der Waals surface area contributed by atoms with Gasteiger partial charge in [-0.3, -0.25) is 14.4 Å². The Morgan fingerprint density at radius 2 is 2.00 bits per heavy atom. The van der Waals surface area contributed by atoms with E-state index in [0.29, 0.717) is 35.4 Å². The second-order valence-corrected chi connectivity index (χ2v) is 12.5. The van der Waals surface area contributed by atoms with E-state index in [0.717, 1.165) is 19.3 Å². The standard InChI is InChI=1S/C30H39ClN4O8/c1-30(2,3)43-28(40)33-22(10-8-6-4-5-7-9-17-13-20(17)27(38)39)26(37)35-16-19(15-23(35)25(32)36)41-29-34-21-12-11-18(31)14-24(21)42-29/h7,9,11-12,14,17,19-20,22-23H,4-6,8,10,13,15-16H2,1-3H3,(H2,32,36)(H,33,40)(H,38,39)/b9-7-/t17-,19-,20+,22+,23+/m1/s1. The van der Waals surface area contributed by atoms with E-state index in [1.165, 1.54) is 4.90 Å². The van der Waals surface area contributed by atoms with E-state index in [-0.39, 0.29) is 30.9 Å². The van der Waals surface area contributed by atoms with Crippen molar-refractivity contribution in [2.45, 2.75) is 89.5 Å². The lowest BCUT2D eigenvalue weighted by molar-refractivity contribution is -0.139. The molecule has 1 aliphatic carbocycles. The average Bonchev–Trinajstić information content (AvgIpc) is 3.39. The normalized spacial score (nSPS) is 22.5. The quantitative estimate of drug-likeness (QED) is 0.216. The summed E-state index contributed by atoms with van der Waals surface area (Å²) >= 11 is 6.02. The number of hydrogen-bond donors (Lipinski definition) is 3. The van der Waals surface area contributed by atoms with Gasteiger partial charge in [-0.25, -0.2) is 4.79 Å². The van der Waals surface area contributed by atoms with Crippen LogP contribution in [-0.4, -0.2) is 69.2 Å². The number of primary amides is 1. The molecule has 3 amide bonds. The fraction of sp³-hybridized carbons (Fsp3) is 0.567. The van der Waals surface area contributed by atoms with Crippen LogP contribution in [0.3, 0.4) is 0 Å². The summed E-state index contributed by atoms with van der Waals surface area (Å²) < 4.78 is 16.9. The van der Waals surface area contributed by atoms with E-state index in [4.69, 9.17) is 36.3 Å². The monoisotopic (exact) mass is 618 g/mol. The molecule has 1 aliphatic heterocycles. The lowest BCUT2D eigenvalue weighted by atomic mass is 10.0. The first kappa shape index (κ1) is 32.1. The molecule has 2 aliphatic rings. The molecular weight excluding hydrogens is 580 g/mol. The molecule has 13 heteroatoms. The highest BCUT2D eigenvalue weighted by atomic mass is 35.5. The van der Waals surface area contributed by atoms with Crippen molar-refractivity contribution >= 4 is 46.6 Å². The number of amides is 3. The molecule has 1 saturated heterocycles. The molecule has 1 aromatic heterocycles. The maximum Gasteiger partial charge on any atom is 0.408 e. The van der Waals surface area contributed by atoms with Crippen LogP contribution in [0.4, 0.5) is 4.79 Å². The Morgan fingerprint density at radius 3 is 2.67 bits per heavy atom. The molecule has 2 aromatic rings. The van der Waals surface area contributed by atoms with E-state index in [9.17, 15) is 19.2 Å². The molecule has 0 radical (unpaired) electrons. The van der Waals surface area contributed by atoms with E-state index in [1.807, 2.05) is 12.2 Å². The Balaban J connectivity index is 1.36. The summed E-state index contributed by atoms with van der Waals surface area (Å²) in [5, 5.41) is 12.2. The van der Waals surface area contributed by atoms with Crippen LogP contribution in [-0.2, 0) is 19.1 Å². The highest BCUT2D eigenvalue weighted by Gasteiger charge is 2.43. The van der Waals surface area contributed by atoms with Gasteiger partial charge in [-0.2, -0.15) is 4.98 Å². The molecule has 2 heterocycles. The Hall–Kier alpha value is -3.80. The number of carboxylic acids is 1. The molecule has 4 rings (SSSR count). The molecule has 43 heavy (non-hydrogen) atoms. The van der Waals surface area contributed by atoms with Gasteiger partial charge in [0, 0.05) is 17.5 Å². The molecular formula is C30H39ClN4O8. The maximum absolute atomic E-state index is 13.8. The number of nitrogens with zero attached hydrogens (tertiary/aromatic N) is 2. The highest BCUT2D eigenvalue weighted by Crippen LogP contribution is 2.39. The van der Waals surface area contributed by atoms with Crippen molar-refractivity contribution in [1.29, 1.82) is 0 Å². The lowest BCUT2D eigenvalue weighted by Gasteiger charge is -2.28. The number of aromatic nitrogens is 1. The maximum atomic E-state index is 13.8. The third-order valence-corrected chi connectivity index (χ3v) is 7.60. The first-order valence-corrected chi connectivity index (χ1v) is 14.9. The molecule has 12 nitrogen and oxygen atoms in total. The van der Waals surface area contributed by atoms with Crippen LogP contribution in [0.15, 0.2) is 34.8 Å². The fourth-order valence-electron chi connectivity index (χ4n) is 5.14. The minimum Gasteiger partial charge on any atom is -0.481 e. The number of rotatable bonds is 13. The number of allylic oxidation sites excluding steroid dienone is 2. The largest absolute Gasteiger partial charge is 0.481 e. The van der Waals surface area contributed by atoms with Crippen LogP contribution in [0.2, 0.25) is 5.02 Å². The van der Waals surface area contributed by atoms with Crippen LogP contribution in [0.5, 0.6) is 6.08 Å². The van der Waals surface area contributed by atoms with Crippen molar-refractivity contribution in [3.63, 3.8) is 0 Å². The molecule has 1 aromatic carbocycles. The van der Waals surface area contributed by atoms with Gasteiger partial charge >= 0.3 is 18.1 Å². The van der Waals surface area contributed by atoms with Crippen molar-refractivity contribution < 1.29 is 38.2 Å². The smallest absolute Gasteiger partial charge is 0.408 e. The van der Waals surface area contributed by atoms with E-state index < -0.39 is 47.7 Å². The number of likely N-dealkylation sites (tertiary alicyclic amines) is 1. The summed E-state index contributed by atoms with van der Waals surface area (Å²) in [7, 11) is 0. The Morgan fingerprint density at radius 1 is 1.23 bits per heavy atom. The number of benzene rings is 1. The number of carboxylic acid groups (broad SMARTS) is 1. The zero-order valence-electron chi connectivity index (χ0n) is 24.6. The van der Waals surface area contributed by atoms with Gasteiger partial charge in [0.15, 0.2) is 5.58 Å². The van der Waals surface area contributed by atoms with Gasteiger partial charge in [0.25, 0.3) is 0 Å².